The molecule has 1 saturated carbocycles. The number of ether oxygens (including phenoxy) is 1. The second-order valence-electron chi connectivity index (χ2n) is 8.12. The molecule has 34 heavy (non-hydrogen) atoms. The highest BCUT2D eigenvalue weighted by atomic mass is 32.2. The highest BCUT2D eigenvalue weighted by molar-refractivity contribution is 7.92. The predicted molar refractivity (Wildman–Crippen MR) is 125 cm³/mol. The second kappa shape index (κ2) is 8.53. The number of rotatable bonds is 6. The fourth-order valence-electron chi connectivity index (χ4n) is 4.12. The third-order valence-corrected chi connectivity index (χ3v) is 7.42. The first-order chi connectivity index (χ1) is 16.4. The number of methoxy groups -OCH3 is 1. The minimum atomic E-state index is -3.95. The monoisotopic (exact) mass is 480 g/mol. The van der Waals surface area contributed by atoms with E-state index in [1.807, 2.05) is 0 Å². The predicted octanol–water partition coefficient (Wildman–Crippen LogP) is 4.00. The van der Waals surface area contributed by atoms with E-state index in [1.54, 1.807) is 12.1 Å². The molecule has 4 aromatic rings. The van der Waals surface area contributed by atoms with E-state index in [4.69, 9.17) is 4.74 Å². The maximum Gasteiger partial charge on any atom is 0.263 e. The van der Waals surface area contributed by atoms with Gasteiger partial charge in [-0.3, -0.25) is 14.1 Å². The molecule has 0 bridgehead atoms. The van der Waals surface area contributed by atoms with Gasteiger partial charge in [-0.15, -0.1) is 5.10 Å². The summed E-state index contributed by atoms with van der Waals surface area (Å²) in [6, 6.07) is 13.2. The van der Waals surface area contributed by atoms with E-state index in [9.17, 15) is 13.2 Å². The van der Waals surface area contributed by atoms with E-state index in [-0.39, 0.29) is 22.3 Å². The Morgan fingerprint density at radius 2 is 1.94 bits per heavy atom. The van der Waals surface area contributed by atoms with Crippen LogP contribution >= 0.6 is 0 Å². The van der Waals surface area contributed by atoms with Crippen molar-refractivity contribution in [2.75, 3.05) is 11.8 Å². The summed E-state index contributed by atoms with van der Waals surface area (Å²) in [6.45, 7) is 0. The molecule has 1 aliphatic carbocycles. The van der Waals surface area contributed by atoms with Crippen LogP contribution in [-0.4, -0.2) is 30.3 Å². The molecule has 1 aliphatic rings. The van der Waals surface area contributed by atoms with Gasteiger partial charge < -0.3 is 4.74 Å². The third-order valence-electron chi connectivity index (χ3n) is 6.07. The molecule has 0 saturated heterocycles. The van der Waals surface area contributed by atoms with Gasteiger partial charge in [-0.2, -0.15) is 5.10 Å². The SMILES string of the molecule is COc1cc(C2CCC2)c(F)cc1-n1c(=O)ccc2cc(S(=O)(=O)Nc3cccnn3)ccc21. The molecule has 0 unspecified atom stereocenters. The minimum absolute atomic E-state index is 0.0191. The number of benzene rings is 2. The Bertz CT molecular complexity index is 1550. The number of halogens is 1. The summed E-state index contributed by atoms with van der Waals surface area (Å²) >= 11 is 0. The van der Waals surface area contributed by atoms with E-state index >= 15 is 4.39 Å². The molecular weight excluding hydrogens is 459 g/mol. The summed E-state index contributed by atoms with van der Waals surface area (Å²) in [5.41, 5.74) is 0.866. The van der Waals surface area contributed by atoms with Crippen LogP contribution in [0.3, 0.4) is 0 Å². The molecule has 0 radical (unpaired) electrons. The van der Waals surface area contributed by atoms with Gasteiger partial charge in [-0.1, -0.05) is 6.42 Å². The maximum absolute atomic E-state index is 15.0. The summed E-state index contributed by atoms with van der Waals surface area (Å²) in [5, 5.41) is 7.88. The van der Waals surface area contributed by atoms with Gasteiger partial charge in [0.25, 0.3) is 15.6 Å². The highest BCUT2D eigenvalue weighted by Crippen LogP contribution is 2.40. The van der Waals surface area contributed by atoms with Crippen molar-refractivity contribution >= 4 is 26.7 Å². The molecule has 2 heterocycles. The normalized spacial score (nSPS) is 14.1. The molecule has 0 aliphatic heterocycles. The van der Waals surface area contributed by atoms with E-state index in [0.29, 0.717) is 22.2 Å². The molecular formula is C24H21FN4O4S. The van der Waals surface area contributed by atoms with Crippen LogP contribution in [0.15, 0.2) is 70.5 Å². The quantitative estimate of drug-likeness (QED) is 0.448. The van der Waals surface area contributed by atoms with Crippen LogP contribution in [0.2, 0.25) is 0 Å². The molecule has 174 valence electrons. The average Bonchev–Trinajstić information content (AvgIpc) is 2.79. The first-order valence-electron chi connectivity index (χ1n) is 10.7. The fraction of sp³-hybridized carbons (Fsp3) is 0.208. The molecule has 0 atom stereocenters. The van der Waals surface area contributed by atoms with Crippen LogP contribution in [-0.2, 0) is 10.0 Å². The van der Waals surface area contributed by atoms with Gasteiger partial charge in [0.2, 0.25) is 0 Å². The van der Waals surface area contributed by atoms with Crippen molar-refractivity contribution in [3.05, 3.63) is 82.5 Å². The molecule has 0 spiro atoms. The second-order valence-corrected chi connectivity index (χ2v) is 9.80. The minimum Gasteiger partial charge on any atom is -0.495 e. The zero-order chi connectivity index (χ0) is 23.9. The number of nitrogens with one attached hydrogen (secondary N) is 1. The van der Waals surface area contributed by atoms with Crippen molar-refractivity contribution < 1.29 is 17.5 Å². The molecule has 2 aromatic carbocycles. The Balaban J connectivity index is 1.61. The number of fused-ring (bicyclic) bond motifs is 1. The van der Waals surface area contributed by atoms with Crippen molar-refractivity contribution in [3.8, 4) is 11.4 Å². The van der Waals surface area contributed by atoms with Crippen molar-refractivity contribution in [1.29, 1.82) is 0 Å². The van der Waals surface area contributed by atoms with Crippen molar-refractivity contribution in [1.82, 2.24) is 14.8 Å². The van der Waals surface area contributed by atoms with Gasteiger partial charge >= 0.3 is 0 Å². The Kier molecular flexibility index (Phi) is 5.52. The van der Waals surface area contributed by atoms with E-state index in [0.717, 1.165) is 19.3 Å². The van der Waals surface area contributed by atoms with E-state index < -0.39 is 21.4 Å². The van der Waals surface area contributed by atoms with E-state index in [1.165, 1.54) is 60.3 Å². The van der Waals surface area contributed by atoms with Crippen LogP contribution < -0.4 is 15.0 Å². The fourth-order valence-corrected chi connectivity index (χ4v) is 5.15. The molecule has 1 N–H and O–H groups in total. The summed E-state index contributed by atoms with van der Waals surface area (Å²) in [5.74, 6) is 0.219. The summed E-state index contributed by atoms with van der Waals surface area (Å²) in [6.07, 6.45) is 4.35. The lowest BCUT2D eigenvalue weighted by Crippen LogP contribution is -2.20. The third kappa shape index (κ3) is 3.90. The lowest BCUT2D eigenvalue weighted by molar-refractivity contribution is 0.390. The van der Waals surface area contributed by atoms with Crippen LogP contribution in [0, 0.1) is 5.82 Å². The van der Waals surface area contributed by atoms with Gasteiger partial charge in [-0.25, -0.2) is 12.8 Å². The van der Waals surface area contributed by atoms with Gasteiger partial charge in [0, 0.05) is 23.7 Å². The van der Waals surface area contributed by atoms with Crippen molar-refractivity contribution in [3.63, 3.8) is 0 Å². The van der Waals surface area contributed by atoms with Gasteiger partial charge in [0.05, 0.1) is 23.2 Å². The summed E-state index contributed by atoms with van der Waals surface area (Å²) in [7, 11) is -2.48. The Hall–Kier alpha value is -3.79. The standard InChI is InChI=1S/C24H21FN4O4S/c1-33-22-13-18(15-4-2-5-15)19(25)14-21(22)29-20-9-8-17(12-16(20)7-10-24(29)30)34(31,32)28-23-6-3-11-26-27-23/h3,6-15H,2,4-5H2,1H3,(H,27,28). The molecule has 5 rings (SSSR count). The molecule has 2 aromatic heterocycles. The van der Waals surface area contributed by atoms with E-state index in [2.05, 4.69) is 14.9 Å². The van der Waals surface area contributed by atoms with Crippen LogP contribution in [0.25, 0.3) is 16.6 Å². The highest BCUT2D eigenvalue weighted by Gasteiger charge is 2.25. The van der Waals surface area contributed by atoms with Crippen molar-refractivity contribution in [2.45, 2.75) is 30.1 Å². The van der Waals surface area contributed by atoms with Gasteiger partial charge in [-0.05, 0) is 66.8 Å². The number of anilines is 1. The first-order valence-corrected chi connectivity index (χ1v) is 12.2. The topological polar surface area (TPSA) is 103 Å². The zero-order valence-corrected chi connectivity index (χ0v) is 19.0. The first kappa shape index (κ1) is 22.0. The van der Waals surface area contributed by atoms with Gasteiger partial charge in [0.15, 0.2) is 5.82 Å². The summed E-state index contributed by atoms with van der Waals surface area (Å²) in [4.78, 5) is 12.8. The largest absolute Gasteiger partial charge is 0.495 e. The smallest absolute Gasteiger partial charge is 0.263 e. The number of aromatic nitrogens is 3. The number of hydrogen-bond donors (Lipinski definition) is 1. The van der Waals surface area contributed by atoms with Crippen LogP contribution in [0.1, 0.15) is 30.7 Å². The number of nitrogens with zero attached hydrogens (tertiary/aromatic N) is 3. The molecule has 10 heteroatoms. The van der Waals surface area contributed by atoms with Crippen LogP contribution in [0.4, 0.5) is 10.2 Å². The molecule has 8 nitrogen and oxygen atoms in total. The summed E-state index contributed by atoms with van der Waals surface area (Å²) < 4.78 is 49.9. The Morgan fingerprint density at radius 3 is 2.62 bits per heavy atom. The van der Waals surface area contributed by atoms with Crippen molar-refractivity contribution in [2.24, 2.45) is 0 Å². The van der Waals surface area contributed by atoms with Crippen LogP contribution in [0.5, 0.6) is 5.75 Å². The average molecular weight is 481 g/mol. The lowest BCUT2D eigenvalue weighted by Gasteiger charge is -2.27. The molecule has 0 amide bonds. The number of sulfonamides is 1. The van der Waals surface area contributed by atoms with Gasteiger partial charge in [0.1, 0.15) is 11.6 Å². The number of pyridine rings is 1. The Labute approximate surface area is 195 Å². The lowest BCUT2D eigenvalue weighted by atomic mass is 9.79. The Morgan fingerprint density at radius 1 is 1.12 bits per heavy atom. The number of hydrogen-bond acceptors (Lipinski definition) is 6. The zero-order valence-electron chi connectivity index (χ0n) is 18.2. The maximum atomic E-state index is 15.0. The molecule has 1 fully saturated rings.